The lowest BCUT2D eigenvalue weighted by atomic mass is 10.2. The van der Waals surface area contributed by atoms with Crippen LogP contribution in [0.1, 0.15) is 12.8 Å². The standard InChI is InChI=1S/C14H23N3OS/c1-17(2)8-10-19-9-4-7-14(18)16-13-6-3-5-12(15)11-13/h3,5-6,11H,4,7-10,15H2,1-2H3,(H,16,18). The van der Waals surface area contributed by atoms with Crippen LogP contribution in [-0.4, -0.2) is 43.0 Å². The maximum atomic E-state index is 11.7. The molecule has 3 N–H and O–H groups in total. The van der Waals surface area contributed by atoms with E-state index in [-0.39, 0.29) is 5.91 Å². The Morgan fingerprint density at radius 2 is 2.16 bits per heavy atom. The lowest BCUT2D eigenvalue weighted by Gasteiger charge is -2.08. The molecular formula is C14H23N3OS. The van der Waals surface area contributed by atoms with Crippen molar-refractivity contribution in [1.29, 1.82) is 0 Å². The molecule has 0 aliphatic carbocycles. The fourth-order valence-electron chi connectivity index (χ4n) is 1.52. The SMILES string of the molecule is CN(C)CCSCCCC(=O)Nc1cccc(N)c1. The Labute approximate surface area is 119 Å². The molecule has 0 aliphatic rings. The van der Waals surface area contributed by atoms with Crippen molar-refractivity contribution in [2.75, 3.05) is 43.2 Å². The van der Waals surface area contributed by atoms with E-state index in [4.69, 9.17) is 5.73 Å². The van der Waals surface area contributed by atoms with Crippen LogP contribution in [0.25, 0.3) is 0 Å². The first-order chi connectivity index (χ1) is 9.08. The highest BCUT2D eigenvalue weighted by Crippen LogP contribution is 2.12. The highest BCUT2D eigenvalue weighted by atomic mass is 32.2. The smallest absolute Gasteiger partial charge is 0.224 e. The summed E-state index contributed by atoms with van der Waals surface area (Å²) in [4.78, 5) is 13.9. The molecule has 0 saturated carbocycles. The highest BCUT2D eigenvalue weighted by molar-refractivity contribution is 7.99. The predicted molar refractivity (Wildman–Crippen MR) is 84.6 cm³/mol. The van der Waals surface area contributed by atoms with Crippen LogP contribution < -0.4 is 11.1 Å². The van der Waals surface area contributed by atoms with Crippen LogP contribution in [0.4, 0.5) is 11.4 Å². The number of rotatable bonds is 8. The first-order valence-corrected chi connectivity index (χ1v) is 7.61. The Bertz CT molecular complexity index is 396. The van der Waals surface area contributed by atoms with Crippen LogP contribution in [0.15, 0.2) is 24.3 Å². The number of nitrogens with zero attached hydrogens (tertiary/aromatic N) is 1. The Morgan fingerprint density at radius 3 is 2.84 bits per heavy atom. The number of thioether (sulfide) groups is 1. The van der Waals surface area contributed by atoms with E-state index in [1.165, 1.54) is 0 Å². The van der Waals surface area contributed by atoms with Crippen molar-refractivity contribution >= 4 is 29.0 Å². The van der Waals surface area contributed by atoms with Crippen LogP contribution >= 0.6 is 11.8 Å². The number of anilines is 2. The number of hydrogen-bond donors (Lipinski definition) is 2. The average Bonchev–Trinajstić information content (AvgIpc) is 2.33. The minimum absolute atomic E-state index is 0.0545. The zero-order valence-electron chi connectivity index (χ0n) is 11.7. The van der Waals surface area contributed by atoms with Gasteiger partial charge in [-0.05, 0) is 44.5 Å². The second kappa shape index (κ2) is 8.82. The molecule has 1 amide bonds. The van der Waals surface area contributed by atoms with Crippen LogP contribution in [0.2, 0.25) is 0 Å². The predicted octanol–water partition coefficient (Wildman–Crippen LogP) is 2.28. The first-order valence-electron chi connectivity index (χ1n) is 6.46. The van der Waals surface area contributed by atoms with E-state index in [2.05, 4.69) is 24.3 Å². The van der Waals surface area contributed by atoms with E-state index in [9.17, 15) is 4.79 Å². The average molecular weight is 281 g/mol. The van der Waals surface area contributed by atoms with Crippen LogP contribution in [0, 0.1) is 0 Å². The Kier molecular flexibility index (Phi) is 7.36. The zero-order chi connectivity index (χ0) is 14.1. The third-order valence-electron chi connectivity index (χ3n) is 2.55. The van der Waals surface area contributed by atoms with Gasteiger partial charge in [0.1, 0.15) is 0 Å². The summed E-state index contributed by atoms with van der Waals surface area (Å²) in [5, 5.41) is 2.86. The maximum Gasteiger partial charge on any atom is 0.224 e. The minimum atomic E-state index is 0.0545. The summed E-state index contributed by atoms with van der Waals surface area (Å²) in [5.74, 6) is 2.20. The number of benzene rings is 1. The van der Waals surface area contributed by atoms with Gasteiger partial charge in [0.25, 0.3) is 0 Å². The van der Waals surface area contributed by atoms with E-state index >= 15 is 0 Å². The molecule has 0 aromatic heterocycles. The molecule has 1 rings (SSSR count). The molecule has 0 radical (unpaired) electrons. The van der Waals surface area contributed by atoms with E-state index in [0.717, 1.165) is 30.2 Å². The molecule has 0 fully saturated rings. The molecule has 4 nitrogen and oxygen atoms in total. The van der Waals surface area contributed by atoms with Crippen molar-refractivity contribution in [2.45, 2.75) is 12.8 Å². The second-order valence-corrected chi connectivity index (χ2v) is 5.92. The second-order valence-electron chi connectivity index (χ2n) is 4.69. The van der Waals surface area contributed by atoms with Gasteiger partial charge in [-0.1, -0.05) is 6.07 Å². The summed E-state index contributed by atoms with van der Waals surface area (Å²) in [7, 11) is 4.14. The van der Waals surface area contributed by atoms with Gasteiger partial charge in [0.15, 0.2) is 0 Å². The van der Waals surface area contributed by atoms with Gasteiger partial charge in [0.2, 0.25) is 5.91 Å². The molecule has 106 valence electrons. The summed E-state index contributed by atoms with van der Waals surface area (Å²) >= 11 is 1.89. The topological polar surface area (TPSA) is 58.4 Å². The fraction of sp³-hybridized carbons (Fsp3) is 0.500. The van der Waals surface area contributed by atoms with Gasteiger partial charge in [-0.2, -0.15) is 11.8 Å². The number of nitrogens with one attached hydrogen (secondary N) is 1. The number of carbonyl (C=O) groups excluding carboxylic acids is 1. The van der Waals surface area contributed by atoms with E-state index in [0.29, 0.717) is 12.1 Å². The van der Waals surface area contributed by atoms with Crippen molar-refractivity contribution in [3.05, 3.63) is 24.3 Å². The first kappa shape index (κ1) is 15.9. The quantitative estimate of drug-likeness (QED) is 0.567. The summed E-state index contributed by atoms with van der Waals surface area (Å²) in [6, 6.07) is 7.25. The van der Waals surface area contributed by atoms with Crippen LogP contribution in [-0.2, 0) is 4.79 Å². The lowest BCUT2D eigenvalue weighted by molar-refractivity contribution is -0.116. The number of carbonyl (C=O) groups is 1. The van der Waals surface area contributed by atoms with Gasteiger partial charge in [0, 0.05) is 30.1 Å². The fourth-order valence-corrected chi connectivity index (χ4v) is 2.57. The van der Waals surface area contributed by atoms with E-state index in [1.807, 2.05) is 23.9 Å². The minimum Gasteiger partial charge on any atom is -0.399 e. The molecule has 1 aromatic rings. The van der Waals surface area contributed by atoms with Crippen molar-refractivity contribution in [3.63, 3.8) is 0 Å². The Balaban J connectivity index is 2.11. The molecule has 5 heteroatoms. The lowest BCUT2D eigenvalue weighted by Crippen LogP contribution is -2.15. The van der Waals surface area contributed by atoms with Gasteiger partial charge >= 0.3 is 0 Å². The molecule has 1 aromatic carbocycles. The van der Waals surface area contributed by atoms with Gasteiger partial charge < -0.3 is 16.0 Å². The van der Waals surface area contributed by atoms with Crippen LogP contribution in [0.5, 0.6) is 0 Å². The molecule has 0 spiro atoms. The summed E-state index contributed by atoms with van der Waals surface area (Å²) in [6.07, 6.45) is 1.47. The molecule has 0 unspecified atom stereocenters. The number of nitrogen functional groups attached to an aromatic ring is 1. The maximum absolute atomic E-state index is 11.7. The number of amides is 1. The zero-order valence-corrected chi connectivity index (χ0v) is 12.5. The van der Waals surface area contributed by atoms with E-state index < -0.39 is 0 Å². The molecule has 0 saturated heterocycles. The molecule has 19 heavy (non-hydrogen) atoms. The molecule has 0 heterocycles. The van der Waals surface area contributed by atoms with Crippen molar-refractivity contribution in [2.24, 2.45) is 0 Å². The summed E-state index contributed by atoms with van der Waals surface area (Å²) in [5.41, 5.74) is 7.09. The van der Waals surface area contributed by atoms with E-state index in [1.54, 1.807) is 12.1 Å². The summed E-state index contributed by atoms with van der Waals surface area (Å²) < 4.78 is 0. The van der Waals surface area contributed by atoms with Gasteiger partial charge in [-0.25, -0.2) is 0 Å². The van der Waals surface area contributed by atoms with Gasteiger partial charge in [-0.15, -0.1) is 0 Å². The van der Waals surface area contributed by atoms with Gasteiger partial charge in [0.05, 0.1) is 0 Å². The summed E-state index contributed by atoms with van der Waals surface area (Å²) in [6.45, 7) is 1.08. The van der Waals surface area contributed by atoms with Crippen molar-refractivity contribution < 1.29 is 4.79 Å². The van der Waals surface area contributed by atoms with Gasteiger partial charge in [-0.3, -0.25) is 4.79 Å². The normalized spacial score (nSPS) is 10.7. The van der Waals surface area contributed by atoms with Crippen LogP contribution in [0.3, 0.4) is 0 Å². The molecule has 0 aliphatic heterocycles. The van der Waals surface area contributed by atoms with Crippen molar-refractivity contribution in [3.8, 4) is 0 Å². The molecule has 0 bridgehead atoms. The number of hydrogen-bond acceptors (Lipinski definition) is 4. The molecular weight excluding hydrogens is 258 g/mol. The highest BCUT2D eigenvalue weighted by Gasteiger charge is 2.02. The largest absolute Gasteiger partial charge is 0.399 e. The Morgan fingerprint density at radius 1 is 1.37 bits per heavy atom. The number of nitrogens with two attached hydrogens (primary N) is 1. The third-order valence-corrected chi connectivity index (χ3v) is 3.59. The monoisotopic (exact) mass is 281 g/mol. The molecule has 0 atom stereocenters. The Hall–Kier alpha value is -1.20. The van der Waals surface area contributed by atoms with Crippen molar-refractivity contribution in [1.82, 2.24) is 4.90 Å². The third kappa shape index (κ3) is 7.74.